The number of halogens is 1. The quantitative estimate of drug-likeness (QED) is 0.804. The van der Waals surface area contributed by atoms with Crippen molar-refractivity contribution in [3.05, 3.63) is 10.0 Å². The molecule has 1 aliphatic rings. The van der Waals surface area contributed by atoms with Gasteiger partial charge in [-0.2, -0.15) is 0 Å². The van der Waals surface area contributed by atoms with E-state index in [2.05, 4.69) is 34.7 Å². The summed E-state index contributed by atoms with van der Waals surface area (Å²) in [6.45, 7) is 6.01. The Balaban J connectivity index is 0.00000180. The lowest BCUT2D eigenvalue weighted by molar-refractivity contribution is -0.120. The van der Waals surface area contributed by atoms with Crippen molar-refractivity contribution >= 4 is 29.7 Å². The number of aromatic nitrogens is 2. The number of amides is 1. The molecule has 1 heterocycles. The van der Waals surface area contributed by atoms with Crippen LogP contribution in [0, 0.1) is 5.92 Å². The van der Waals surface area contributed by atoms with E-state index >= 15 is 0 Å². The minimum absolute atomic E-state index is 0. The zero-order valence-corrected chi connectivity index (χ0v) is 12.9. The molecule has 1 aromatic rings. The topological polar surface area (TPSA) is 66.9 Å². The molecule has 2 N–H and O–H groups in total. The Bertz CT molecular complexity index is 406. The maximum absolute atomic E-state index is 11.5. The first-order valence-corrected chi connectivity index (χ1v) is 7.26. The Morgan fingerprint density at radius 3 is 2.74 bits per heavy atom. The summed E-state index contributed by atoms with van der Waals surface area (Å²) in [5.74, 6) is 1.22. The van der Waals surface area contributed by atoms with Gasteiger partial charge in [0.1, 0.15) is 10.0 Å². The molecule has 5 nitrogen and oxygen atoms in total. The van der Waals surface area contributed by atoms with E-state index in [0.29, 0.717) is 19.0 Å². The molecule has 108 valence electrons. The number of carbonyl (C=O) groups excluding carboxylic acids is 1. The van der Waals surface area contributed by atoms with E-state index in [4.69, 9.17) is 0 Å². The lowest BCUT2D eigenvalue weighted by atomic mass is 10.2. The Labute approximate surface area is 124 Å². The van der Waals surface area contributed by atoms with Crippen LogP contribution in [0.4, 0.5) is 0 Å². The first kappa shape index (κ1) is 16.3. The van der Waals surface area contributed by atoms with Gasteiger partial charge in [-0.05, 0) is 25.3 Å². The normalized spacial score (nSPS) is 14.3. The summed E-state index contributed by atoms with van der Waals surface area (Å²) in [5, 5.41) is 16.1. The summed E-state index contributed by atoms with van der Waals surface area (Å²) in [4.78, 5) is 11.5. The standard InChI is InChI=1S/C12H20N4OS.ClH/c1-8(2)12-16-15-11(18-12)7-14-10(17)6-13-5-9-3-4-9;/h8-9,13H,3-7H2,1-2H3,(H,14,17);1H. The zero-order valence-electron chi connectivity index (χ0n) is 11.3. The number of rotatable bonds is 7. The molecule has 0 aliphatic heterocycles. The Morgan fingerprint density at radius 2 is 2.16 bits per heavy atom. The summed E-state index contributed by atoms with van der Waals surface area (Å²) >= 11 is 1.56. The van der Waals surface area contributed by atoms with Gasteiger partial charge in [0.25, 0.3) is 0 Å². The predicted octanol–water partition coefficient (Wildman–Crippen LogP) is 1.70. The first-order valence-electron chi connectivity index (χ1n) is 6.45. The van der Waals surface area contributed by atoms with E-state index in [1.54, 1.807) is 11.3 Å². The molecule has 0 saturated heterocycles. The van der Waals surface area contributed by atoms with Crippen molar-refractivity contribution in [3.8, 4) is 0 Å². The molecule has 0 spiro atoms. The maximum atomic E-state index is 11.5. The molecule has 0 bridgehead atoms. The van der Waals surface area contributed by atoms with Crippen molar-refractivity contribution in [2.75, 3.05) is 13.1 Å². The SMILES string of the molecule is CC(C)c1nnc(CNC(=O)CNCC2CC2)s1.Cl. The fourth-order valence-electron chi connectivity index (χ4n) is 1.52. The van der Waals surface area contributed by atoms with Gasteiger partial charge in [0.2, 0.25) is 5.91 Å². The van der Waals surface area contributed by atoms with Gasteiger partial charge in [-0.3, -0.25) is 4.79 Å². The van der Waals surface area contributed by atoms with Crippen LogP contribution in [0.15, 0.2) is 0 Å². The number of carbonyl (C=O) groups is 1. The molecular formula is C12H21ClN4OS. The van der Waals surface area contributed by atoms with Crippen LogP contribution in [0.5, 0.6) is 0 Å². The number of nitrogens with one attached hydrogen (secondary N) is 2. The van der Waals surface area contributed by atoms with Crippen molar-refractivity contribution in [1.29, 1.82) is 0 Å². The average Bonchev–Trinajstić information content (AvgIpc) is 3.02. The summed E-state index contributed by atoms with van der Waals surface area (Å²) in [5.41, 5.74) is 0. The third kappa shape index (κ3) is 5.84. The molecule has 2 rings (SSSR count). The van der Waals surface area contributed by atoms with Gasteiger partial charge < -0.3 is 10.6 Å². The van der Waals surface area contributed by atoms with E-state index in [1.807, 2.05) is 0 Å². The average molecular weight is 305 g/mol. The minimum atomic E-state index is 0. The lowest BCUT2D eigenvalue weighted by Gasteiger charge is -2.04. The van der Waals surface area contributed by atoms with Crippen LogP contribution >= 0.6 is 23.7 Å². The van der Waals surface area contributed by atoms with Gasteiger partial charge in [-0.1, -0.05) is 25.2 Å². The molecule has 0 unspecified atom stereocenters. The molecule has 19 heavy (non-hydrogen) atoms. The molecular weight excluding hydrogens is 284 g/mol. The number of hydrogen-bond donors (Lipinski definition) is 2. The highest BCUT2D eigenvalue weighted by Crippen LogP contribution is 2.27. The van der Waals surface area contributed by atoms with Crippen molar-refractivity contribution in [1.82, 2.24) is 20.8 Å². The van der Waals surface area contributed by atoms with E-state index < -0.39 is 0 Å². The van der Waals surface area contributed by atoms with E-state index in [-0.39, 0.29) is 18.3 Å². The van der Waals surface area contributed by atoms with Crippen molar-refractivity contribution in [2.45, 2.75) is 39.2 Å². The van der Waals surface area contributed by atoms with Crippen LogP contribution in [-0.4, -0.2) is 29.2 Å². The second-order valence-corrected chi connectivity index (χ2v) is 6.13. The minimum Gasteiger partial charge on any atom is -0.348 e. The molecule has 0 aromatic carbocycles. The predicted molar refractivity (Wildman–Crippen MR) is 78.7 cm³/mol. The summed E-state index contributed by atoms with van der Waals surface area (Å²) in [6.07, 6.45) is 2.61. The summed E-state index contributed by atoms with van der Waals surface area (Å²) < 4.78 is 0. The van der Waals surface area contributed by atoms with Gasteiger partial charge >= 0.3 is 0 Å². The smallest absolute Gasteiger partial charge is 0.234 e. The maximum Gasteiger partial charge on any atom is 0.234 e. The summed E-state index contributed by atoms with van der Waals surface area (Å²) in [7, 11) is 0. The van der Waals surface area contributed by atoms with Crippen molar-refractivity contribution in [2.24, 2.45) is 5.92 Å². The number of nitrogens with zero attached hydrogens (tertiary/aromatic N) is 2. The zero-order chi connectivity index (χ0) is 13.0. The van der Waals surface area contributed by atoms with Gasteiger partial charge in [-0.25, -0.2) is 0 Å². The van der Waals surface area contributed by atoms with Crippen molar-refractivity contribution in [3.63, 3.8) is 0 Å². The molecule has 1 amide bonds. The fourth-order valence-corrected chi connectivity index (χ4v) is 2.30. The molecule has 1 saturated carbocycles. The lowest BCUT2D eigenvalue weighted by Crippen LogP contribution is -2.34. The summed E-state index contributed by atoms with van der Waals surface area (Å²) in [6, 6.07) is 0. The molecule has 1 aromatic heterocycles. The van der Waals surface area contributed by atoms with Crippen LogP contribution < -0.4 is 10.6 Å². The first-order chi connectivity index (χ1) is 8.65. The van der Waals surface area contributed by atoms with Gasteiger partial charge in [0.15, 0.2) is 0 Å². The molecule has 7 heteroatoms. The molecule has 1 fully saturated rings. The second kappa shape index (κ2) is 7.77. The highest BCUT2D eigenvalue weighted by Gasteiger charge is 2.20. The third-order valence-corrected chi connectivity index (χ3v) is 4.05. The van der Waals surface area contributed by atoms with Gasteiger partial charge in [-0.15, -0.1) is 22.6 Å². The van der Waals surface area contributed by atoms with Gasteiger partial charge in [0, 0.05) is 5.92 Å². The fraction of sp³-hybridized carbons (Fsp3) is 0.750. The monoisotopic (exact) mass is 304 g/mol. The second-order valence-electron chi connectivity index (χ2n) is 5.04. The highest BCUT2D eigenvalue weighted by atomic mass is 35.5. The van der Waals surface area contributed by atoms with Crippen molar-refractivity contribution < 1.29 is 4.79 Å². The van der Waals surface area contributed by atoms with Crippen LogP contribution in [0.3, 0.4) is 0 Å². The molecule has 1 aliphatic carbocycles. The molecule has 0 atom stereocenters. The van der Waals surface area contributed by atoms with Crippen LogP contribution in [0.25, 0.3) is 0 Å². The van der Waals surface area contributed by atoms with E-state index in [9.17, 15) is 4.79 Å². The van der Waals surface area contributed by atoms with Gasteiger partial charge in [0.05, 0.1) is 13.1 Å². The largest absolute Gasteiger partial charge is 0.348 e. The van der Waals surface area contributed by atoms with E-state index in [1.165, 1.54) is 12.8 Å². The van der Waals surface area contributed by atoms with Crippen LogP contribution in [-0.2, 0) is 11.3 Å². The third-order valence-electron chi connectivity index (χ3n) is 2.83. The number of hydrogen-bond acceptors (Lipinski definition) is 5. The van der Waals surface area contributed by atoms with Crippen LogP contribution in [0.1, 0.15) is 42.6 Å². The Morgan fingerprint density at radius 1 is 1.42 bits per heavy atom. The van der Waals surface area contributed by atoms with E-state index in [0.717, 1.165) is 22.5 Å². The highest BCUT2D eigenvalue weighted by molar-refractivity contribution is 7.11. The Kier molecular flexibility index (Phi) is 6.68. The Hall–Kier alpha value is -0.720. The van der Waals surface area contributed by atoms with Crippen LogP contribution in [0.2, 0.25) is 0 Å². The molecule has 0 radical (unpaired) electrons.